The van der Waals surface area contributed by atoms with Crippen molar-refractivity contribution in [1.29, 1.82) is 0 Å². The second-order valence-electron chi connectivity index (χ2n) is 9.77. The van der Waals surface area contributed by atoms with Gasteiger partial charge in [0.1, 0.15) is 35.4 Å². The lowest BCUT2D eigenvalue weighted by Crippen LogP contribution is -2.44. The predicted molar refractivity (Wildman–Crippen MR) is 132 cm³/mol. The maximum absolute atomic E-state index is 12.3. The number of imidazole rings is 1. The van der Waals surface area contributed by atoms with E-state index in [0.717, 1.165) is 59.3 Å². The molecule has 3 heterocycles. The van der Waals surface area contributed by atoms with Crippen LogP contribution in [0.1, 0.15) is 59.7 Å². The van der Waals surface area contributed by atoms with Crippen molar-refractivity contribution in [2.24, 2.45) is 0 Å². The summed E-state index contributed by atoms with van der Waals surface area (Å²) < 4.78 is 19.8. The van der Waals surface area contributed by atoms with Crippen molar-refractivity contribution in [2.75, 3.05) is 19.7 Å². The lowest BCUT2D eigenvalue weighted by atomic mass is 10.1. The van der Waals surface area contributed by atoms with Gasteiger partial charge in [-0.25, -0.2) is 9.78 Å². The van der Waals surface area contributed by atoms with Crippen LogP contribution in [0.15, 0.2) is 24.4 Å². The zero-order valence-corrected chi connectivity index (χ0v) is 21.0. The molecule has 0 bridgehead atoms. The van der Waals surface area contributed by atoms with E-state index in [9.17, 15) is 4.79 Å². The number of aromatic nitrogens is 3. The van der Waals surface area contributed by atoms with Gasteiger partial charge in [-0.3, -0.25) is 4.98 Å². The molecule has 1 aliphatic heterocycles. The van der Waals surface area contributed by atoms with E-state index in [1.165, 1.54) is 0 Å². The first-order valence-electron chi connectivity index (χ1n) is 12.3. The Hall–Kier alpha value is -2.87. The van der Waals surface area contributed by atoms with Crippen molar-refractivity contribution in [2.45, 2.75) is 78.7 Å². The fourth-order valence-electron chi connectivity index (χ4n) is 4.36. The number of likely N-dealkylation sites (tertiary alicyclic amines) is 1. The number of amides is 1. The third kappa shape index (κ3) is 5.43. The number of benzene rings is 1. The number of hydrogen-bond donors (Lipinski definition) is 0. The molecule has 8 heteroatoms. The largest absolute Gasteiger partial charge is 0.490 e. The van der Waals surface area contributed by atoms with Crippen LogP contribution in [0.2, 0.25) is 0 Å². The van der Waals surface area contributed by atoms with Crippen molar-refractivity contribution < 1.29 is 19.0 Å². The Morgan fingerprint density at radius 1 is 1.15 bits per heavy atom. The van der Waals surface area contributed by atoms with Gasteiger partial charge in [0.15, 0.2) is 0 Å². The van der Waals surface area contributed by atoms with Gasteiger partial charge in [-0.05, 0) is 52.3 Å². The molecule has 0 atom stereocenters. The number of pyridine rings is 1. The second kappa shape index (κ2) is 10.2. The Bertz CT molecular complexity index is 1140. The molecule has 1 saturated heterocycles. The smallest absolute Gasteiger partial charge is 0.410 e. The van der Waals surface area contributed by atoms with Crippen LogP contribution in [0.3, 0.4) is 0 Å². The van der Waals surface area contributed by atoms with E-state index < -0.39 is 5.60 Å². The molecule has 1 aliphatic rings. The third-order valence-electron chi connectivity index (χ3n) is 5.90. The number of hydrogen-bond acceptors (Lipinski definition) is 6. The maximum atomic E-state index is 12.3. The highest BCUT2D eigenvalue weighted by Crippen LogP contribution is 2.30. The number of carbonyl (C=O) groups is 1. The highest BCUT2D eigenvalue weighted by atomic mass is 16.6. The van der Waals surface area contributed by atoms with Gasteiger partial charge < -0.3 is 23.7 Å². The van der Waals surface area contributed by atoms with Crippen molar-refractivity contribution in [3.63, 3.8) is 0 Å². The second-order valence-corrected chi connectivity index (χ2v) is 9.77. The van der Waals surface area contributed by atoms with Gasteiger partial charge in [0.2, 0.25) is 0 Å². The molecule has 2 aromatic heterocycles. The molecule has 8 nitrogen and oxygen atoms in total. The van der Waals surface area contributed by atoms with Gasteiger partial charge in [-0.1, -0.05) is 6.92 Å². The summed E-state index contributed by atoms with van der Waals surface area (Å²) in [6, 6.07) is 6.05. The van der Waals surface area contributed by atoms with Gasteiger partial charge >= 0.3 is 6.09 Å². The van der Waals surface area contributed by atoms with E-state index in [1.807, 2.05) is 46.0 Å². The quantitative estimate of drug-likeness (QED) is 0.468. The van der Waals surface area contributed by atoms with Crippen LogP contribution >= 0.6 is 0 Å². The number of aryl methyl sites for hydroxylation is 1. The molecule has 0 unspecified atom stereocenters. The molecule has 1 aromatic carbocycles. The number of carbonyl (C=O) groups excluding carboxylic acids is 1. The minimum atomic E-state index is -0.484. The molecule has 184 valence electrons. The summed E-state index contributed by atoms with van der Waals surface area (Å²) in [5.41, 5.74) is 2.38. The first kappa shape index (κ1) is 24.3. The van der Waals surface area contributed by atoms with Gasteiger partial charge in [0.05, 0.1) is 17.2 Å². The SMILES string of the molecule is CCCn1c(COCC)nc2cnc3ccc(OC4CCN(C(=O)OC(C)(C)C)CC4)cc3c21. The number of piperidine rings is 1. The van der Waals surface area contributed by atoms with Crippen LogP contribution in [0.25, 0.3) is 21.9 Å². The third-order valence-corrected chi connectivity index (χ3v) is 5.90. The zero-order chi connectivity index (χ0) is 24.3. The predicted octanol–water partition coefficient (Wildman–Crippen LogP) is 5.31. The maximum Gasteiger partial charge on any atom is 0.410 e. The van der Waals surface area contributed by atoms with Crippen LogP contribution in [0.4, 0.5) is 4.79 Å². The van der Waals surface area contributed by atoms with Gasteiger partial charge in [-0.15, -0.1) is 0 Å². The minimum Gasteiger partial charge on any atom is -0.490 e. The van der Waals surface area contributed by atoms with Crippen molar-refractivity contribution in [3.05, 3.63) is 30.2 Å². The van der Waals surface area contributed by atoms with Crippen LogP contribution in [-0.4, -0.2) is 56.9 Å². The summed E-state index contributed by atoms with van der Waals surface area (Å²) >= 11 is 0. The standard InChI is InChI=1S/C26H36N4O4/c1-6-12-30-23(17-32-7-2)28-22-16-27-21-9-8-19(15-20(21)24(22)30)33-18-10-13-29(14-11-18)25(31)34-26(3,4)5/h8-9,15-16,18H,6-7,10-14,17H2,1-5H3. The van der Waals surface area contributed by atoms with E-state index in [-0.39, 0.29) is 12.2 Å². The molecule has 1 fully saturated rings. The summed E-state index contributed by atoms with van der Waals surface area (Å²) in [5, 5.41) is 1.03. The highest BCUT2D eigenvalue weighted by molar-refractivity contribution is 6.02. The van der Waals surface area contributed by atoms with Crippen LogP contribution in [-0.2, 0) is 22.6 Å². The fourth-order valence-corrected chi connectivity index (χ4v) is 4.36. The van der Waals surface area contributed by atoms with E-state index in [4.69, 9.17) is 19.2 Å². The first-order valence-corrected chi connectivity index (χ1v) is 12.3. The summed E-state index contributed by atoms with van der Waals surface area (Å²) in [4.78, 5) is 23.5. The van der Waals surface area contributed by atoms with Crippen LogP contribution in [0.5, 0.6) is 5.75 Å². The number of fused-ring (bicyclic) bond motifs is 3. The first-order chi connectivity index (χ1) is 16.3. The van der Waals surface area contributed by atoms with Crippen molar-refractivity contribution in [1.82, 2.24) is 19.4 Å². The molecular formula is C26H36N4O4. The molecule has 0 aliphatic carbocycles. The highest BCUT2D eigenvalue weighted by Gasteiger charge is 2.27. The lowest BCUT2D eigenvalue weighted by Gasteiger charge is -2.33. The van der Waals surface area contributed by atoms with Crippen LogP contribution in [0, 0.1) is 0 Å². The molecule has 0 N–H and O–H groups in total. The molecule has 0 spiro atoms. The van der Waals surface area contributed by atoms with Gasteiger partial charge in [0, 0.05) is 44.5 Å². The average Bonchev–Trinajstić information content (AvgIpc) is 3.15. The fraction of sp³-hybridized carbons (Fsp3) is 0.577. The summed E-state index contributed by atoms with van der Waals surface area (Å²) in [6.45, 7) is 13.1. The van der Waals surface area contributed by atoms with Gasteiger partial charge in [0.25, 0.3) is 0 Å². The number of rotatable bonds is 7. The number of nitrogens with zero attached hydrogens (tertiary/aromatic N) is 4. The Morgan fingerprint density at radius 3 is 2.59 bits per heavy atom. The summed E-state index contributed by atoms with van der Waals surface area (Å²) in [6.07, 6.45) is 4.18. The van der Waals surface area contributed by atoms with Crippen LogP contribution < -0.4 is 4.74 Å². The topological polar surface area (TPSA) is 78.7 Å². The molecule has 4 rings (SSSR count). The molecule has 1 amide bonds. The summed E-state index contributed by atoms with van der Waals surface area (Å²) in [7, 11) is 0. The van der Waals surface area contributed by atoms with Crippen molar-refractivity contribution in [3.8, 4) is 5.75 Å². The number of ether oxygens (including phenoxy) is 3. The molecule has 3 aromatic rings. The Labute approximate surface area is 201 Å². The van der Waals surface area contributed by atoms with E-state index in [1.54, 1.807) is 4.90 Å². The average molecular weight is 469 g/mol. The summed E-state index contributed by atoms with van der Waals surface area (Å²) in [5.74, 6) is 1.74. The normalized spacial score (nSPS) is 15.3. The molecule has 34 heavy (non-hydrogen) atoms. The molecule has 0 radical (unpaired) electrons. The zero-order valence-electron chi connectivity index (χ0n) is 21.0. The Balaban J connectivity index is 1.53. The van der Waals surface area contributed by atoms with E-state index in [0.29, 0.717) is 26.3 Å². The minimum absolute atomic E-state index is 0.0531. The Morgan fingerprint density at radius 2 is 1.91 bits per heavy atom. The monoisotopic (exact) mass is 468 g/mol. The lowest BCUT2D eigenvalue weighted by molar-refractivity contribution is 0.0127. The molecule has 0 saturated carbocycles. The Kier molecular flexibility index (Phi) is 7.26. The van der Waals surface area contributed by atoms with E-state index in [2.05, 4.69) is 22.5 Å². The molecular weight excluding hydrogens is 432 g/mol. The van der Waals surface area contributed by atoms with E-state index >= 15 is 0 Å². The van der Waals surface area contributed by atoms with Gasteiger partial charge in [-0.2, -0.15) is 0 Å². The van der Waals surface area contributed by atoms with Crippen molar-refractivity contribution >= 4 is 28.0 Å².